The molecule has 4 aliphatic carbocycles. The van der Waals surface area contributed by atoms with Crippen molar-refractivity contribution >= 4 is 48.3 Å². The lowest BCUT2D eigenvalue weighted by Gasteiger charge is -2.47. The van der Waals surface area contributed by atoms with E-state index in [2.05, 4.69) is 21.3 Å². The molecule has 6 unspecified atom stereocenters. The van der Waals surface area contributed by atoms with E-state index in [1.807, 2.05) is 109 Å². The maximum atomic E-state index is 12.5. The first kappa shape index (κ1) is 77.0. The van der Waals surface area contributed by atoms with Gasteiger partial charge in [0.1, 0.15) is 48.8 Å². The van der Waals surface area contributed by atoms with Crippen molar-refractivity contribution < 1.29 is 107 Å². The molecule has 10 N–H and O–H groups in total. The number of hydrogen-bond donors (Lipinski definition) is 10. The van der Waals surface area contributed by atoms with Crippen molar-refractivity contribution in [3.05, 3.63) is 144 Å². The Morgan fingerprint density at radius 2 is 0.857 bits per heavy atom. The van der Waals surface area contributed by atoms with E-state index < -0.39 is 130 Å². The number of carbonyl (C=O) groups is 8. The van der Waals surface area contributed by atoms with Gasteiger partial charge < -0.3 is 89.8 Å². The van der Waals surface area contributed by atoms with Gasteiger partial charge in [0.25, 0.3) is 0 Å². The summed E-state index contributed by atoms with van der Waals surface area (Å²) in [6.07, 6.45) is 1.76. The molecule has 98 heavy (non-hydrogen) atoms. The molecule has 26 nitrogen and oxygen atoms in total. The van der Waals surface area contributed by atoms with Crippen molar-refractivity contribution in [1.29, 1.82) is 0 Å². The summed E-state index contributed by atoms with van der Waals surface area (Å²) in [7, 11) is 0. The molecule has 0 radical (unpaired) electrons. The van der Waals surface area contributed by atoms with Crippen LogP contribution in [0.3, 0.4) is 0 Å². The zero-order chi connectivity index (χ0) is 71.3. The molecule has 2 saturated heterocycles. The molecule has 2 heterocycles. The minimum Gasteiger partial charge on any atom is -0.458 e. The van der Waals surface area contributed by atoms with Gasteiger partial charge in [-0.15, -0.1) is 0 Å². The monoisotopic (exact) mass is 1370 g/mol. The summed E-state index contributed by atoms with van der Waals surface area (Å²) < 4.78 is 41.6. The van der Waals surface area contributed by atoms with Gasteiger partial charge in [-0.3, -0.25) is 0 Å². The number of esters is 4. The minimum absolute atomic E-state index is 0.0180. The molecule has 536 valence electrons. The molecule has 4 aromatic rings. The van der Waals surface area contributed by atoms with Crippen LogP contribution in [0.2, 0.25) is 0 Å². The van der Waals surface area contributed by atoms with Crippen LogP contribution in [0.1, 0.15) is 167 Å². The van der Waals surface area contributed by atoms with Gasteiger partial charge in [-0.1, -0.05) is 121 Å². The number of aliphatic hydroxyl groups is 6. The van der Waals surface area contributed by atoms with Gasteiger partial charge in [0.05, 0.1) is 35.5 Å². The summed E-state index contributed by atoms with van der Waals surface area (Å²) in [5, 5.41) is 71.4. The van der Waals surface area contributed by atoms with Crippen molar-refractivity contribution in [3.8, 4) is 0 Å². The van der Waals surface area contributed by atoms with Gasteiger partial charge >= 0.3 is 48.3 Å². The summed E-state index contributed by atoms with van der Waals surface area (Å²) in [5.74, 6) is -2.87. The SMILES string of the molecule is CC(C)(C)OC(=O)C(NC(=O)OCc1ccccc1)C(O)CC1(O)CCC1.CC(C)(C)OC(=O)C(O)C(CC1(O)CCC1)NC(=O)OCc1ccccc1.O=C(NC1C(=O)OC2(CCC2)C[C@@H]1O)OCc1ccccc1.O=C(N[C@H]1CC2(CCC2)OC(=O)C1O)OCc1ccccc1. The summed E-state index contributed by atoms with van der Waals surface area (Å²) in [6.45, 7) is 10.5. The predicted octanol–water partition coefficient (Wildman–Crippen LogP) is 7.60. The Morgan fingerprint density at radius 1 is 0.490 bits per heavy atom. The molecule has 2 aliphatic heterocycles. The highest BCUT2D eigenvalue weighted by atomic mass is 16.6. The molecule has 4 aromatic carbocycles. The van der Waals surface area contributed by atoms with Gasteiger partial charge in [-0.2, -0.15) is 0 Å². The minimum atomic E-state index is -1.60. The van der Waals surface area contributed by atoms with E-state index >= 15 is 0 Å². The average Bonchev–Trinajstić information content (AvgIpc) is 0.776. The Hall–Kier alpha value is -8.40. The van der Waals surface area contributed by atoms with E-state index in [4.69, 9.17) is 37.9 Å². The first-order valence-corrected chi connectivity index (χ1v) is 33.3. The van der Waals surface area contributed by atoms with Crippen molar-refractivity contribution in [1.82, 2.24) is 21.3 Å². The molecular weight excluding hydrogens is 1270 g/mol. The maximum Gasteiger partial charge on any atom is 0.408 e. The predicted molar refractivity (Wildman–Crippen MR) is 351 cm³/mol. The molecule has 6 fully saturated rings. The summed E-state index contributed by atoms with van der Waals surface area (Å²) >= 11 is 0. The van der Waals surface area contributed by atoms with E-state index in [0.29, 0.717) is 38.5 Å². The number of amides is 4. The number of benzene rings is 4. The Bertz CT molecular complexity index is 3240. The fourth-order valence-electron chi connectivity index (χ4n) is 11.6. The molecule has 6 aliphatic rings. The smallest absolute Gasteiger partial charge is 0.408 e. The Kier molecular flexibility index (Phi) is 27.4. The molecule has 10 rings (SSSR count). The quantitative estimate of drug-likeness (QED) is 0.0300. The van der Waals surface area contributed by atoms with E-state index in [1.165, 1.54) is 0 Å². The second-order valence-corrected chi connectivity index (χ2v) is 28.0. The molecule has 0 aromatic heterocycles. The van der Waals surface area contributed by atoms with Gasteiger partial charge in [0.15, 0.2) is 24.3 Å². The maximum absolute atomic E-state index is 12.5. The van der Waals surface area contributed by atoms with Crippen LogP contribution in [-0.2, 0) is 83.5 Å². The van der Waals surface area contributed by atoms with E-state index in [-0.39, 0.29) is 39.3 Å². The highest BCUT2D eigenvalue weighted by molar-refractivity contribution is 5.84. The fourth-order valence-corrected chi connectivity index (χ4v) is 11.6. The number of carbonyl (C=O) groups excluding carboxylic acids is 8. The van der Waals surface area contributed by atoms with Crippen LogP contribution >= 0.6 is 0 Å². The summed E-state index contributed by atoms with van der Waals surface area (Å²) in [5.41, 5.74) is -1.25. The largest absolute Gasteiger partial charge is 0.458 e. The summed E-state index contributed by atoms with van der Waals surface area (Å²) in [6, 6.07) is 32.7. The number of rotatable bonds is 20. The van der Waals surface area contributed by atoms with Gasteiger partial charge in [-0.05, 0) is 147 Å². The van der Waals surface area contributed by atoms with Crippen LogP contribution in [0.15, 0.2) is 121 Å². The fraction of sp³-hybridized carbons (Fsp3) is 0.556. The van der Waals surface area contributed by atoms with Crippen molar-refractivity contribution in [2.24, 2.45) is 0 Å². The standard InChI is InChI=1S/2C20H29NO6.2C16H19NO5/c1-19(2,3)27-17(23)16(15(22)12-20(25)10-7-11-20)21-18(24)26-13-14-8-5-4-6-9-14;1-19(2,3)27-17(23)16(22)15(12-20(25)10-7-11-20)21-18(24)26-13-14-8-5-4-6-9-14;18-12-9-16(7-4-8-16)22-14(19)13(12)17-15(20)21-10-11-5-2-1-3-6-11;18-13-12(9-16(7-4-8-16)22-14(13)19)17-15(20)21-10-11-5-2-1-3-6-11/h2*4-6,8-9,15-16,22,25H,7,10-13H2,1-3H3,(H,21,24);2*1-3,5-6,12-13,18H,4,7-10H2,(H,17,20)/t;;2*12-,13?/m..00/s1. The zero-order valence-corrected chi connectivity index (χ0v) is 56.5. The lowest BCUT2D eigenvalue weighted by Crippen LogP contribution is -2.60. The molecule has 0 bridgehead atoms. The van der Waals surface area contributed by atoms with Crippen LogP contribution in [0, 0.1) is 0 Å². The second kappa shape index (κ2) is 34.9. The third-order valence-corrected chi connectivity index (χ3v) is 17.4. The van der Waals surface area contributed by atoms with Crippen molar-refractivity contribution in [3.63, 3.8) is 0 Å². The van der Waals surface area contributed by atoms with Gasteiger partial charge in [-0.25, -0.2) is 38.4 Å². The first-order chi connectivity index (χ1) is 46.3. The van der Waals surface area contributed by atoms with Crippen LogP contribution < -0.4 is 21.3 Å². The highest BCUT2D eigenvalue weighted by Crippen LogP contribution is 2.44. The second-order valence-electron chi connectivity index (χ2n) is 28.0. The van der Waals surface area contributed by atoms with Crippen molar-refractivity contribution in [2.45, 2.75) is 253 Å². The van der Waals surface area contributed by atoms with Crippen LogP contribution in [0.5, 0.6) is 0 Å². The number of aliphatic hydroxyl groups excluding tert-OH is 4. The van der Waals surface area contributed by atoms with Gasteiger partial charge in [0.2, 0.25) is 0 Å². The topological polar surface area (TPSA) is 380 Å². The van der Waals surface area contributed by atoms with Crippen molar-refractivity contribution in [2.75, 3.05) is 0 Å². The lowest BCUT2D eigenvalue weighted by atomic mass is 9.73. The van der Waals surface area contributed by atoms with E-state index in [9.17, 15) is 69.0 Å². The Balaban J connectivity index is 0.000000185. The Labute approximate surface area is 570 Å². The molecular formula is C72H96N4O22. The first-order valence-electron chi connectivity index (χ1n) is 33.3. The molecule has 2 spiro atoms. The van der Waals surface area contributed by atoms with Crippen LogP contribution in [-0.4, -0.2) is 161 Å². The zero-order valence-electron chi connectivity index (χ0n) is 56.5. The normalized spacial score (nSPS) is 21.6. The number of hydrogen-bond acceptors (Lipinski definition) is 22. The third-order valence-electron chi connectivity index (χ3n) is 17.4. The lowest BCUT2D eigenvalue weighted by molar-refractivity contribution is -0.197. The van der Waals surface area contributed by atoms with Crippen LogP contribution in [0.25, 0.3) is 0 Å². The molecule has 26 heteroatoms. The number of ether oxygens (including phenoxy) is 8. The van der Waals surface area contributed by atoms with E-state index in [0.717, 1.165) is 73.6 Å². The number of nitrogens with one attached hydrogen (secondary N) is 4. The molecule has 4 saturated carbocycles. The number of alkyl carbamates (subject to hydrolysis) is 4. The average molecular weight is 1370 g/mol. The third kappa shape index (κ3) is 24.5. The highest BCUT2D eigenvalue weighted by Gasteiger charge is 2.52. The summed E-state index contributed by atoms with van der Waals surface area (Å²) in [4.78, 5) is 96.3. The molecule has 8 atom stereocenters. The van der Waals surface area contributed by atoms with Crippen LogP contribution in [0.4, 0.5) is 19.2 Å². The Morgan fingerprint density at radius 3 is 1.24 bits per heavy atom. The van der Waals surface area contributed by atoms with E-state index in [1.54, 1.807) is 53.7 Å². The van der Waals surface area contributed by atoms with Gasteiger partial charge in [0, 0.05) is 19.3 Å². The molecule has 4 amide bonds.